The third-order valence-electron chi connectivity index (χ3n) is 1.95. The number of nitrogens with zero attached hydrogens (tertiary/aromatic N) is 1. The summed E-state index contributed by atoms with van der Waals surface area (Å²) in [5.74, 6) is 0.842. The van der Waals surface area contributed by atoms with Crippen LogP contribution < -0.4 is 9.47 Å². The first-order valence-electron chi connectivity index (χ1n) is 4.54. The molecule has 0 saturated heterocycles. The first-order valence-corrected chi connectivity index (χ1v) is 5.42. The number of aromatic nitrogens is 1. The zero-order chi connectivity index (χ0) is 10.5. The van der Waals surface area contributed by atoms with Crippen LogP contribution in [0.15, 0.2) is 35.8 Å². The van der Waals surface area contributed by atoms with E-state index in [1.165, 1.54) is 11.3 Å². The predicted octanol–water partition coefficient (Wildman–Crippen LogP) is 2.73. The molecule has 1 aromatic carbocycles. The maximum atomic E-state index is 5.50. The molecule has 0 bridgehead atoms. The average molecular weight is 221 g/mol. The van der Waals surface area contributed by atoms with Crippen LogP contribution in [0.25, 0.3) is 0 Å². The van der Waals surface area contributed by atoms with Gasteiger partial charge in [-0.1, -0.05) is 29.5 Å². The minimum Gasteiger partial charge on any atom is -0.496 e. The van der Waals surface area contributed by atoms with Crippen molar-refractivity contribution in [2.75, 3.05) is 7.11 Å². The average Bonchev–Trinajstić information content (AvgIpc) is 2.79. The van der Waals surface area contributed by atoms with E-state index in [1.807, 2.05) is 29.6 Å². The van der Waals surface area contributed by atoms with Gasteiger partial charge in [-0.25, -0.2) is 4.98 Å². The van der Waals surface area contributed by atoms with E-state index < -0.39 is 0 Å². The fraction of sp³-hybridized carbons (Fsp3) is 0.182. The van der Waals surface area contributed by atoms with Crippen molar-refractivity contribution in [2.24, 2.45) is 0 Å². The summed E-state index contributed by atoms with van der Waals surface area (Å²) in [6.45, 7) is 0.484. The van der Waals surface area contributed by atoms with Gasteiger partial charge in [0.25, 0.3) is 5.19 Å². The smallest absolute Gasteiger partial charge is 0.273 e. The van der Waals surface area contributed by atoms with Gasteiger partial charge < -0.3 is 9.47 Å². The summed E-state index contributed by atoms with van der Waals surface area (Å²) in [4.78, 5) is 4.04. The van der Waals surface area contributed by atoms with Gasteiger partial charge in [0.15, 0.2) is 0 Å². The molecule has 0 radical (unpaired) electrons. The van der Waals surface area contributed by atoms with E-state index in [9.17, 15) is 0 Å². The van der Waals surface area contributed by atoms with Gasteiger partial charge in [-0.2, -0.15) is 0 Å². The van der Waals surface area contributed by atoms with Gasteiger partial charge >= 0.3 is 0 Å². The lowest BCUT2D eigenvalue weighted by molar-refractivity contribution is 0.295. The van der Waals surface area contributed by atoms with E-state index >= 15 is 0 Å². The molecule has 15 heavy (non-hydrogen) atoms. The number of hydrogen-bond acceptors (Lipinski definition) is 4. The van der Waals surface area contributed by atoms with Gasteiger partial charge in [-0.3, -0.25) is 0 Å². The van der Waals surface area contributed by atoms with Gasteiger partial charge in [0.1, 0.15) is 12.4 Å². The number of methoxy groups -OCH3 is 1. The first kappa shape index (κ1) is 9.98. The van der Waals surface area contributed by atoms with Crippen molar-refractivity contribution in [2.45, 2.75) is 6.61 Å². The SMILES string of the molecule is COc1ccccc1COc1nccs1. The molecule has 3 nitrogen and oxygen atoms in total. The van der Waals surface area contributed by atoms with Gasteiger partial charge in [0.2, 0.25) is 0 Å². The lowest BCUT2D eigenvalue weighted by Gasteiger charge is -2.07. The highest BCUT2D eigenvalue weighted by atomic mass is 32.1. The highest BCUT2D eigenvalue weighted by Gasteiger charge is 2.03. The van der Waals surface area contributed by atoms with Crippen LogP contribution in [-0.4, -0.2) is 12.1 Å². The zero-order valence-corrected chi connectivity index (χ0v) is 9.16. The van der Waals surface area contributed by atoms with Crippen LogP contribution in [0.5, 0.6) is 10.9 Å². The van der Waals surface area contributed by atoms with Crippen molar-refractivity contribution in [1.29, 1.82) is 0 Å². The molecule has 0 spiro atoms. The monoisotopic (exact) mass is 221 g/mol. The van der Waals surface area contributed by atoms with Gasteiger partial charge in [0.05, 0.1) is 7.11 Å². The molecule has 0 amide bonds. The van der Waals surface area contributed by atoms with Gasteiger partial charge in [-0.05, 0) is 6.07 Å². The molecule has 0 fully saturated rings. The Morgan fingerprint density at radius 3 is 2.93 bits per heavy atom. The van der Waals surface area contributed by atoms with E-state index in [1.54, 1.807) is 13.3 Å². The third kappa shape index (κ3) is 2.47. The summed E-state index contributed by atoms with van der Waals surface area (Å²) in [7, 11) is 1.65. The topological polar surface area (TPSA) is 31.4 Å². The fourth-order valence-electron chi connectivity index (χ4n) is 1.24. The number of para-hydroxylation sites is 1. The summed E-state index contributed by atoms with van der Waals surface area (Å²) in [6, 6.07) is 7.79. The van der Waals surface area contributed by atoms with Crippen LogP contribution >= 0.6 is 11.3 Å². The molecule has 0 aliphatic carbocycles. The Balaban J connectivity index is 2.04. The van der Waals surface area contributed by atoms with Crippen molar-refractivity contribution in [1.82, 2.24) is 4.98 Å². The maximum Gasteiger partial charge on any atom is 0.273 e. The molecule has 0 saturated carbocycles. The molecule has 4 heteroatoms. The van der Waals surface area contributed by atoms with Gasteiger partial charge in [0, 0.05) is 17.1 Å². The Bertz CT molecular complexity index is 414. The van der Waals surface area contributed by atoms with Crippen molar-refractivity contribution in [3.05, 3.63) is 41.4 Å². The predicted molar refractivity (Wildman–Crippen MR) is 59.4 cm³/mol. The van der Waals surface area contributed by atoms with E-state index in [0.29, 0.717) is 11.8 Å². The Morgan fingerprint density at radius 1 is 1.33 bits per heavy atom. The summed E-state index contributed by atoms with van der Waals surface area (Å²) in [5, 5.41) is 2.57. The largest absolute Gasteiger partial charge is 0.496 e. The van der Waals surface area contributed by atoms with Crippen LogP contribution in [0.1, 0.15) is 5.56 Å². The highest BCUT2D eigenvalue weighted by molar-refractivity contribution is 7.11. The molecule has 0 unspecified atom stereocenters. The maximum absolute atomic E-state index is 5.50. The lowest BCUT2D eigenvalue weighted by Crippen LogP contribution is -1.97. The Labute approximate surface area is 92.3 Å². The molecule has 0 aliphatic rings. The Hall–Kier alpha value is -1.55. The standard InChI is InChI=1S/C11H11NO2S/c1-13-10-5-3-2-4-9(10)8-14-11-12-6-7-15-11/h2-7H,8H2,1H3. The number of benzene rings is 1. The van der Waals surface area contributed by atoms with E-state index in [4.69, 9.17) is 9.47 Å². The zero-order valence-electron chi connectivity index (χ0n) is 8.34. The minimum absolute atomic E-state index is 0.484. The summed E-state index contributed by atoms with van der Waals surface area (Å²) >= 11 is 1.48. The van der Waals surface area contributed by atoms with Crippen LogP contribution in [0.2, 0.25) is 0 Å². The van der Waals surface area contributed by atoms with Crippen LogP contribution in [0.3, 0.4) is 0 Å². The summed E-state index contributed by atoms with van der Waals surface area (Å²) in [5.41, 5.74) is 1.02. The Morgan fingerprint density at radius 2 is 2.20 bits per heavy atom. The van der Waals surface area contributed by atoms with Gasteiger partial charge in [-0.15, -0.1) is 0 Å². The normalized spacial score (nSPS) is 9.93. The van der Waals surface area contributed by atoms with E-state index in [0.717, 1.165) is 11.3 Å². The molecule has 2 aromatic rings. The van der Waals surface area contributed by atoms with Crippen molar-refractivity contribution >= 4 is 11.3 Å². The Kier molecular flexibility index (Phi) is 3.19. The second kappa shape index (κ2) is 4.79. The third-order valence-corrected chi connectivity index (χ3v) is 2.64. The molecule has 0 N–H and O–H groups in total. The number of hydrogen-bond donors (Lipinski definition) is 0. The summed E-state index contributed by atoms with van der Waals surface area (Å²) < 4.78 is 10.7. The number of rotatable bonds is 4. The van der Waals surface area contributed by atoms with Crippen LogP contribution in [-0.2, 0) is 6.61 Å². The second-order valence-corrected chi connectivity index (χ2v) is 3.76. The molecule has 0 atom stereocenters. The van der Waals surface area contributed by atoms with E-state index in [-0.39, 0.29) is 0 Å². The first-order chi connectivity index (χ1) is 7.40. The minimum atomic E-state index is 0.484. The molecule has 2 rings (SSSR count). The molecule has 0 aliphatic heterocycles. The van der Waals surface area contributed by atoms with Crippen LogP contribution in [0.4, 0.5) is 0 Å². The number of thiazole rings is 1. The van der Waals surface area contributed by atoms with Crippen molar-refractivity contribution in [3.63, 3.8) is 0 Å². The highest BCUT2D eigenvalue weighted by Crippen LogP contribution is 2.21. The molecular formula is C11H11NO2S. The molecule has 1 heterocycles. The van der Waals surface area contributed by atoms with E-state index in [2.05, 4.69) is 4.98 Å². The fourth-order valence-corrected chi connectivity index (χ4v) is 1.73. The second-order valence-electron chi connectivity index (χ2n) is 2.90. The summed E-state index contributed by atoms with van der Waals surface area (Å²) in [6.07, 6.45) is 1.72. The number of ether oxygens (including phenoxy) is 2. The molecule has 78 valence electrons. The van der Waals surface area contributed by atoms with Crippen molar-refractivity contribution < 1.29 is 9.47 Å². The quantitative estimate of drug-likeness (QED) is 0.795. The molecular weight excluding hydrogens is 210 g/mol. The molecule has 1 aromatic heterocycles. The van der Waals surface area contributed by atoms with Crippen molar-refractivity contribution in [3.8, 4) is 10.9 Å². The van der Waals surface area contributed by atoms with Crippen LogP contribution in [0, 0.1) is 0 Å². The lowest BCUT2D eigenvalue weighted by atomic mass is 10.2.